The molecule has 0 saturated heterocycles. The Morgan fingerprint density at radius 3 is 2.56 bits per heavy atom. The molecule has 1 aromatic carbocycles. The van der Waals surface area contributed by atoms with Crippen molar-refractivity contribution in [3.05, 3.63) is 29.3 Å². The number of hydrogen-bond acceptors (Lipinski definition) is 6. The van der Waals surface area contributed by atoms with Crippen LogP contribution in [0.5, 0.6) is 0 Å². The van der Waals surface area contributed by atoms with Crippen LogP contribution in [0.15, 0.2) is 18.2 Å². The lowest BCUT2D eigenvalue weighted by Gasteiger charge is -2.34. The number of amides is 2. The average Bonchev–Trinajstić information content (AvgIpc) is 2.58. The van der Waals surface area contributed by atoms with E-state index in [-0.39, 0.29) is 17.9 Å². The molecule has 0 bridgehead atoms. The van der Waals surface area contributed by atoms with Crippen molar-refractivity contribution in [2.75, 3.05) is 23.5 Å². The minimum atomic E-state index is -0.498. The van der Waals surface area contributed by atoms with Crippen LogP contribution in [-0.2, 0) is 9.59 Å². The molecule has 0 aliphatic rings. The molecule has 1 aromatic rings. The van der Waals surface area contributed by atoms with Crippen molar-refractivity contribution in [1.29, 1.82) is 0 Å². The van der Waals surface area contributed by atoms with Crippen LogP contribution in [0, 0.1) is 13.8 Å². The van der Waals surface area contributed by atoms with Gasteiger partial charge in [0, 0.05) is 35.7 Å². The highest BCUT2D eigenvalue weighted by Crippen LogP contribution is 2.29. The molecule has 0 aliphatic carbocycles. The Morgan fingerprint density at radius 1 is 1.30 bits per heavy atom. The maximum atomic E-state index is 13.1. The van der Waals surface area contributed by atoms with Crippen molar-refractivity contribution in [3.8, 4) is 0 Å². The Hall–Kier alpha value is -1.22. The smallest absolute Gasteiger partial charge is 0.242 e. The van der Waals surface area contributed by atoms with Gasteiger partial charge in [-0.3, -0.25) is 9.59 Å². The summed E-state index contributed by atoms with van der Waals surface area (Å²) in [5.41, 5.74) is 8.93. The highest BCUT2D eigenvalue weighted by molar-refractivity contribution is 8.00. The lowest BCUT2D eigenvalue weighted by molar-refractivity contribution is -0.119. The summed E-state index contributed by atoms with van der Waals surface area (Å²) >= 11 is 5.71. The normalized spacial score (nSPS) is 13.7. The molecule has 2 amide bonds. The number of thiol groups is 1. The van der Waals surface area contributed by atoms with Gasteiger partial charge in [-0.2, -0.15) is 12.6 Å². The molecule has 0 aromatic heterocycles. The summed E-state index contributed by atoms with van der Waals surface area (Å²) in [5.74, 6) is 0.725. The van der Waals surface area contributed by atoms with Crippen LogP contribution < -0.4 is 21.7 Å². The first kappa shape index (κ1) is 23.8. The van der Waals surface area contributed by atoms with Gasteiger partial charge in [-0.25, -0.2) is 0 Å². The third-order valence-corrected chi connectivity index (χ3v) is 6.14. The van der Waals surface area contributed by atoms with E-state index in [2.05, 4.69) is 28.6 Å². The second-order valence-corrected chi connectivity index (χ2v) is 9.14. The number of rotatable bonds is 10. The van der Waals surface area contributed by atoms with E-state index in [4.69, 9.17) is 5.73 Å². The van der Waals surface area contributed by atoms with Gasteiger partial charge in [-0.05, 0) is 44.9 Å². The number of carbonyl (C=O) groups is 2. The third kappa shape index (κ3) is 7.73. The van der Waals surface area contributed by atoms with Crippen LogP contribution in [0.1, 0.15) is 31.9 Å². The van der Waals surface area contributed by atoms with Gasteiger partial charge < -0.3 is 21.7 Å². The zero-order chi connectivity index (χ0) is 20.6. The molecule has 0 radical (unpaired) electrons. The van der Waals surface area contributed by atoms with Gasteiger partial charge in [0.15, 0.2) is 0 Å². The summed E-state index contributed by atoms with van der Waals surface area (Å²) in [6.45, 7) is 9.90. The van der Waals surface area contributed by atoms with E-state index in [0.717, 1.165) is 16.8 Å². The maximum Gasteiger partial charge on any atom is 0.242 e. The lowest BCUT2D eigenvalue weighted by atomic mass is 10.0. The topological polar surface area (TPSA) is 96.2 Å². The van der Waals surface area contributed by atoms with Gasteiger partial charge >= 0.3 is 0 Å². The minimum absolute atomic E-state index is 0.0975. The number of nitrogens with one attached hydrogen (secondary N) is 3. The van der Waals surface area contributed by atoms with Gasteiger partial charge in [0.05, 0.1) is 5.88 Å². The maximum absolute atomic E-state index is 13.1. The van der Waals surface area contributed by atoms with Crippen molar-refractivity contribution >= 4 is 41.9 Å². The third-order valence-electron chi connectivity index (χ3n) is 4.40. The molecule has 0 heterocycles. The molecule has 8 heteroatoms. The molecular weight excluding hydrogens is 380 g/mol. The molecule has 2 atom stereocenters. The SMILES string of the molecule is CC(=O)NCSC(C)(C)[C@H](NC[C@@H](N)CS)C(=O)Nc1cccc(C)c1C. The van der Waals surface area contributed by atoms with Gasteiger partial charge in [0.1, 0.15) is 6.04 Å². The molecule has 152 valence electrons. The monoisotopic (exact) mass is 412 g/mol. The molecule has 0 fully saturated rings. The van der Waals surface area contributed by atoms with Gasteiger partial charge in [-0.15, -0.1) is 11.8 Å². The molecule has 0 saturated carbocycles. The second-order valence-electron chi connectivity index (χ2n) is 7.15. The average molecular weight is 413 g/mol. The summed E-state index contributed by atoms with van der Waals surface area (Å²) in [4.78, 5) is 24.2. The molecular formula is C19H32N4O2S2. The van der Waals surface area contributed by atoms with E-state index in [1.165, 1.54) is 18.7 Å². The minimum Gasteiger partial charge on any atom is -0.347 e. The Labute approximate surface area is 172 Å². The van der Waals surface area contributed by atoms with E-state index in [9.17, 15) is 9.59 Å². The molecule has 6 nitrogen and oxygen atoms in total. The zero-order valence-corrected chi connectivity index (χ0v) is 18.5. The largest absolute Gasteiger partial charge is 0.347 e. The number of anilines is 1. The van der Waals surface area contributed by atoms with Crippen LogP contribution in [0.4, 0.5) is 5.69 Å². The first-order chi connectivity index (χ1) is 12.6. The summed E-state index contributed by atoms with van der Waals surface area (Å²) in [6, 6.07) is 5.18. The van der Waals surface area contributed by atoms with Gasteiger partial charge in [-0.1, -0.05) is 12.1 Å². The van der Waals surface area contributed by atoms with E-state index in [0.29, 0.717) is 18.2 Å². The first-order valence-electron chi connectivity index (χ1n) is 8.93. The molecule has 5 N–H and O–H groups in total. The number of aryl methyl sites for hydroxylation is 1. The van der Waals surface area contributed by atoms with Crippen LogP contribution in [0.25, 0.3) is 0 Å². The summed E-state index contributed by atoms with van der Waals surface area (Å²) in [7, 11) is 0. The highest BCUT2D eigenvalue weighted by Gasteiger charge is 2.36. The first-order valence-corrected chi connectivity index (χ1v) is 10.6. The molecule has 0 aliphatic heterocycles. The Bertz CT molecular complexity index is 653. The molecule has 27 heavy (non-hydrogen) atoms. The standard InChI is InChI=1S/C19H32N4O2S2/c1-12-7-6-8-16(13(12)2)23-18(25)17(21-9-15(20)10-26)19(4,5)27-11-22-14(3)24/h6-8,15,17,21,26H,9-11,20H2,1-5H3,(H,22,24)(H,23,25)/t15-,17-/m1/s1. The van der Waals surface area contributed by atoms with Gasteiger partial charge in [0.2, 0.25) is 11.8 Å². The van der Waals surface area contributed by atoms with Gasteiger partial charge in [0.25, 0.3) is 0 Å². The predicted octanol–water partition coefficient (Wildman–Crippen LogP) is 2.06. The number of hydrogen-bond donors (Lipinski definition) is 5. The van der Waals surface area contributed by atoms with E-state index in [1.807, 2.05) is 45.9 Å². The van der Waals surface area contributed by atoms with E-state index >= 15 is 0 Å². The lowest BCUT2D eigenvalue weighted by Crippen LogP contribution is -2.55. The Balaban J connectivity index is 2.95. The van der Waals surface area contributed by atoms with E-state index < -0.39 is 10.8 Å². The second kappa shape index (κ2) is 10.9. The number of thioether (sulfide) groups is 1. The van der Waals surface area contributed by atoms with Crippen LogP contribution in [0.3, 0.4) is 0 Å². The van der Waals surface area contributed by atoms with Crippen molar-refractivity contribution in [2.45, 2.75) is 51.4 Å². The number of benzene rings is 1. The fraction of sp³-hybridized carbons (Fsp3) is 0.579. The molecule has 0 unspecified atom stereocenters. The van der Waals surface area contributed by atoms with Crippen molar-refractivity contribution in [1.82, 2.24) is 10.6 Å². The highest BCUT2D eigenvalue weighted by atomic mass is 32.2. The van der Waals surface area contributed by atoms with Crippen LogP contribution >= 0.6 is 24.4 Å². The zero-order valence-electron chi connectivity index (χ0n) is 16.8. The van der Waals surface area contributed by atoms with Crippen molar-refractivity contribution in [3.63, 3.8) is 0 Å². The molecule has 0 spiro atoms. The summed E-state index contributed by atoms with van der Waals surface area (Å²) < 4.78 is -0.472. The van der Waals surface area contributed by atoms with Crippen LogP contribution in [-0.4, -0.2) is 46.8 Å². The fourth-order valence-corrected chi connectivity index (χ4v) is 3.62. The number of nitrogens with two attached hydrogens (primary N) is 1. The quantitative estimate of drug-likeness (QED) is 0.299. The number of carbonyl (C=O) groups excluding carboxylic acids is 2. The predicted molar refractivity (Wildman–Crippen MR) is 119 cm³/mol. The Morgan fingerprint density at radius 2 is 1.96 bits per heavy atom. The summed E-state index contributed by atoms with van der Waals surface area (Å²) in [6.07, 6.45) is 0. The fourth-order valence-electron chi connectivity index (χ4n) is 2.49. The van der Waals surface area contributed by atoms with E-state index in [1.54, 1.807) is 0 Å². The van der Waals surface area contributed by atoms with Crippen molar-refractivity contribution in [2.24, 2.45) is 5.73 Å². The Kier molecular flexibility index (Phi) is 9.66. The van der Waals surface area contributed by atoms with Crippen molar-refractivity contribution < 1.29 is 9.59 Å². The van der Waals surface area contributed by atoms with Crippen LogP contribution in [0.2, 0.25) is 0 Å². The molecule has 1 rings (SSSR count). The summed E-state index contributed by atoms with van der Waals surface area (Å²) in [5, 5.41) is 9.09.